The maximum Gasteiger partial charge on any atom is 0.255 e. The highest BCUT2D eigenvalue weighted by molar-refractivity contribution is 6.11. The number of nitrogens with one attached hydrogen (secondary N) is 1. The molecule has 1 amide bonds. The highest BCUT2D eigenvalue weighted by Gasteiger charge is 2.24. The lowest BCUT2D eigenvalue weighted by Crippen LogP contribution is -2.18. The third-order valence-corrected chi connectivity index (χ3v) is 5.27. The van der Waals surface area contributed by atoms with Crippen LogP contribution in [0.15, 0.2) is 40.8 Å². The van der Waals surface area contributed by atoms with E-state index in [0.717, 1.165) is 35.8 Å². The molecule has 0 unspecified atom stereocenters. The number of unbranched alkanes of at least 4 members (excludes halogenated alkanes) is 1. The molecule has 5 heteroatoms. The predicted octanol–water partition coefficient (Wildman–Crippen LogP) is 6.17. The Kier molecular flexibility index (Phi) is 8.60. The molecule has 0 spiro atoms. The Morgan fingerprint density at radius 3 is 2.43 bits per heavy atom. The van der Waals surface area contributed by atoms with E-state index in [4.69, 9.17) is 10.2 Å². The summed E-state index contributed by atoms with van der Waals surface area (Å²) in [7, 11) is 1.59. The van der Waals surface area contributed by atoms with Crippen molar-refractivity contribution in [3.63, 3.8) is 0 Å². The van der Waals surface area contributed by atoms with Crippen LogP contribution in [0.5, 0.6) is 0 Å². The molecule has 0 saturated carbocycles. The molecule has 0 aliphatic rings. The van der Waals surface area contributed by atoms with Crippen LogP contribution in [0.4, 0.5) is 4.39 Å². The van der Waals surface area contributed by atoms with Gasteiger partial charge < -0.3 is 15.5 Å². The molecule has 1 atom stereocenters. The number of hydrogen-bond acceptors (Lipinski definition) is 3. The third kappa shape index (κ3) is 4.90. The molecule has 4 nitrogen and oxygen atoms in total. The van der Waals surface area contributed by atoms with Crippen molar-refractivity contribution in [3.8, 4) is 11.3 Å². The van der Waals surface area contributed by atoms with Gasteiger partial charge in [-0.3, -0.25) is 4.79 Å². The van der Waals surface area contributed by atoms with Crippen molar-refractivity contribution in [1.82, 2.24) is 5.32 Å². The van der Waals surface area contributed by atoms with E-state index >= 15 is 0 Å². The predicted molar refractivity (Wildman–Crippen MR) is 122 cm³/mol. The number of aryl methyl sites for hydroxylation is 1. The SMILES string of the molecule is CC.CCCC[C@H](CN)c1cc2c(C(=O)NC)c(-c3ccc(F)cc3)oc2cc1C. The summed E-state index contributed by atoms with van der Waals surface area (Å²) in [6, 6.07) is 9.98. The van der Waals surface area contributed by atoms with E-state index in [0.29, 0.717) is 29.0 Å². The number of benzene rings is 2. The monoisotopic (exact) mass is 412 g/mol. The van der Waals surface area contributed by atoms with Crippen molar-refractivity contribution in [2.45, 2.75) is 52.9 Å². The third-order valence-electron chi connectivity index (χ3n) is 5.27. The molecule has 2 aromatic carbocycles. The lowest BCUT2D eigenvalue weighted by Gasteiger charge is -2.17. The number of amides is 1. The number of halogens is 1. The summed E-state index contributed by atoms with van der Waals surface area (Å²) in [6.45, 7) is 8.77. The van der Waals surface area contributed by atoms with Gasteiger partial charge in [0, 0.05) is 18.0 Å². The second-order valence-electron chi connectivity index (χ2n) is 7.17. The summed E-state index contributed by atoms with van der Waals surface area (Å²) in [4.78, 5) is 12.7. The normalized spacial score (nSPS) is 11.7. The van der Waals surface area contributed by atoms with Crippen LogP contribution in [0, 0.1) is 12.7 Å². The molecule has 1 heterocycles. The van der Waals surface area contributed by atoms with Crippen LogP contribution in [0.1, 0.15) is 67.4 Å². The summed E-state index contributed by atoms with van der Waals surface area (Å²) < 4.78 is 19.4. The van der Waals surface area contributed by atoms with Crippen molar-refractivity contribution in [1.29, 1.82) is 0 Å². The number of nitrogens with two attached hydrogens (primary N) is 1. The molecule has 162 valence electrons. The van der Waals surface area contributed by atoms with Gasteiger partial charge in [-0.1, -0.05) is 33.6 Å². The van der Waals surface area contributed by atoms with Gasteiger partial charge in [-0.15, -0.1) is 0 Å². The fourth-order valence-corrected chi connectivity index (χ4v) is 3.71. The Bertz CT molecular complexity index is 977. The Morgan fingerprint density at radius 2 is 1.87 bits per heavy atom. The van der Waals surface area contributed by atoms with Gasteiger partial charge in [-0.25, -0.2) is 4.39 Å². The van der Waals surface area contributed by atoms with Crippen LogP contribution >= 0.6 is 0 Å². The van der Waals surface area contributed by atoms with E-state index in [-0.39, 0.29) is 17.6 Å². The van der Waals surface area contributed by atoms with Crippen molar-refractivity contribution >= 4 is 16.9 Å². The fourth-order valence-electron chi connectivity index (χ4n) is 3.71. The van der Waals surface area contributed by atoms with Crippen LogP contribution in [0.3, 0.4) is 0 Å². The van der Waals surface area contributed by atoms with E-state index < -0.39 is 0 Å². The molecule has 0 radical (unpaired) electrons. The first-order chi connectivity index (χ1) is 14.5. The highest BCUT2D eigenvalue weighted by atomic mass is 19.1. The van der Waals surface area contributed by atoms with Crippen LogP contribution in [0.25, 0.3) is 22.3 Å². The Labute approximate surface area is 178 Å². The summed E-state index contributed by atoms with van der Waals surface area (Å²) in [5.74, 6) is 0.127. The minimum Gasteiger partial charge on any atom is -0.455 e. The first-order valence-electron chi connectivity index (χ1n) is 10.7. The Hall–Kier alpha value is -2.66. The van der Waals surface area contributed by atoms with E-state index in [1.54, 1.807) is 19.2 Å². The van der Waals surface area contributed by atoms with Gasteiger partial charge in [-0.2, -0.15) is 0 Å². The summed E-state index contributed by atoms with van der Waals surface area (Å²) in [5.41, 5.74) is 10.1. The number of furan rings is 1. The molecule has 3 aromatic rings. The van der Waals surface area contributed by atoms with Crippen LogP contribution in [-0.4, -0.2) is 19.5 Å². The van der Waals surface area contributed by atoms with Gasteiger partial charge in [0.05, 0.1) is 5.56 Å². The summed E-state index contributed by atoms with van der Waals surface area (Å²) in [5, 5.41) is 3.45. The van der Waals surface area contributed by atoms with Gasteiger partial charge in [0.1, 0.15) is 17.2 Å². The molecule has 0 bridgehead atoms. The molecular weight excluding hydrogens is 379 g/mol. The van der Waals surface area contributed by atoms with E-state index in [1.807, 2.05) is 32.9 Å². The van der Waals surface area contributed by atoms with Crippen molar-refractivity contribution < 1.29 is 13.6 Å². The average molecular weight is 413 g/mol. The topological polar surface area (TPSA) is 68.3 Å². The molecule has 3 N–H and O–H groups in total. The molecule has 1 aromatic heterocycles. The lowest BCUT2D eigenvalue weighted by molar-refractivity contribution is 0.0964. The molecule has 0 aliphatic carbocycles. The lowest BCUT2D eigenvalue weighted by atomic mass is 9.89. The van der Waals surface area contributed by atoms with Crippen LogP contribution in [-0.2, 0) is 0 Å². The minimum absolute atomic E-state index is 0.231. The smallest absolute Gasteiger partial charge is 0.255 e. The molecule has 0 saturated heterocycles. The number of rotatable bonds is 7. The maximum absolute atomic E-state index is 13.3. The number of carbonyl (C=O) groups excluding carboxylic acids is 1. The van der Waals surface area contributed by atoms with E-state index in [9.17, 15) is 9.18 Å². The first kappa shape index (κ1) is 23.6. The molecule has 30 heavy (non-hydrogen) atoms. The highest BCUT2D eigenvalue weighted by Crippen LogP contribution is 2.37. The van der Waals surface area contributed by atoms with Gasteiger partial charge in [0.25, 0.3) is 5.91 Å². The zero-order valence-corrected chi connectivity index (χ0v) is 18.6. The summed E-state index contributed by atoms with van der Waals surface area (Å²) in [6.07, 6.45) is 3.23. The van der Waals surface area contributed by atoms with E-state index in [2.05, 4.69) is 12.2 Å². The zero-order valence-electron chi connectivity index (χ0n) is 18.6. The van der Waals surface area contributed by atoms with Crippen LogP contribution < -0.4 is 11.1 Å². The van der Waals surface area contributed by atoms with E-state index in [1.165, 1.54) is 12.1 Å². The van der Waals surface area contributed by atoms with Gasteiger partial charge in [0.2, 0.25) is 0 Å². The standard InChI is InChI=1S/C23H27FN2O2.C2H6/c1-4-5-6-16(13-25)18-12-19-20(11-14(18)2)28-22(21(19)23(27)26-3)15-7-9-17(24)10-8-15;1-2/h7-12,16H,4-6,13,25H2,1-3H3,(H,26,27);1-2H3/t16-;/m1./s1. The number of fused-ring (bicyclic) bond motifs is 1. The van der Waals surface area contributed by atoms with Gasteiger partial charge >= 0.3 is 0 Å². The second kappa shape index (κ2) is 10.9. The largest absolute Gasteiger partial charge is 0.455 e. The first-order valence-corrected chi connectivity index (χ1v) is 10.7. The average Bonchev–Trinajstić information content (AvgIpc) is 3.13. The number of hydrogen-bond donors (Lipinski definition) is 2. The Balaban J connectivity index is 0.00000155. The van der Waals surface area contributed by atoms with Gasteiger partial charge in [0.15, 0.2) is 0 Å². The second-order valence-corrected chi connectivity index (χ2v) is 7.17. The quantitative estimate of drug-likeness (QED) is 0.488. The van der Waals surface area contributed by atoms with Crippen molar-refractivity contribution in [3.05, 3.63) is 58.9 Å². The maximum atomic E-state index is 13.3. The van der Waals surface area contributed by atoms with Crippen LogP contribution in [0.2, 0.25) is 0 Å². The Morgan fingerprint density at radius 1 is 1.20 bits per heavy atom. The fraction of sp³-hybridized carbons (Fsp3) is 0.400. The van der Waals surface area contributed by atoms with Crippen molar-refractivity contribution in [2.24, 2.45) is 5.73 Å². The van der Waals surface area contributed by atoms with Crippen molar-refractivity contribution in [2.75, 3.05) is 13.6 Å². The molecular formula is C25H33FN2O2. The zero-order chi connectivity index (χ0) is 22.3. The molecule has 0 fully saturated rings. The number of carbonyl (C=O) groups is 1. The molecule has 0 aliphatic heterocycles. The van der Waals surface area contributed by atoms with Gasteiger partial charge in [-0.05, 0) is 73.3 Å². The summed E-state index contributed by atoms with van der Waals surface area (Å²) >= 11 is 0. The minimum atomic E-state index is -0.332. The molecule has 3 rings (SSSR count).